The Morgan fingerprint density at radius 3 is 1.29 bits per heavy atom. The van der Waals surface area contributed by atoms with Crippen LogP contribution in [0.2, 0.25) is 0 Å². The van der Waals surface area contributed by atoms with E-state index in [9.17, 15) is 9.59 Å². The molecule has 0 aliphatic heterocycles. The Hall–Kier alpha value is 0.130. The first-order chi connectivity index (χ1) is 15.7. The molecule has 4 unspecified atom stereocenters. The standard InChI is InChI=1S/C18H36O2.C6H12O7.Mg.Zn.2H/c1-2-3-4-5-6-7-8-9-10-11-12-13-14-15-16-17-18(19)20;7-1-2(8)3(9)4(10)5(11)6(12)13;;;;/h2-17H2,1H3,(H,19,20);2-5,7-11H,1H2,(H,12,13);;;;/q;;+2;;2*-1. The topological polar surface area (TPSA) is 176 Å². The third-order valence-electron chi connectivity index (χ3n) is 5.50. The minimum Gasteiger partial charge on any atom is -1.00 e. The second kappa shape index (κ2) is 30.4. The maximum atomic E-state index is 10.3. The number of carboxylic acids is 2. The van der Waals surface area contributed by atoms with Crippen LogP contribution >= 0.6 is 0 Å². The first-order valence-corrected chi connectivity index (χ1v) is 12.5. The van der Waals surface area contributed by atoms with E-state index in [1.165, 1.54) is 83.5 Å². The van der Waals surface area contributed by atoms with Crippen LogP contribution in [-0.2, 0) is 29.1 Å². The summed E-state index contributed by atoms with van der Waals surface area (Å²) in [5, 5.41) is 60.3. The van der Waals surface area contributed by atoms with Crippen LogP contribution in [0.15, 0.2) is 0 Å². The summed E-state index contributed by atoms with van der Waals surface area (Å²) in [6, 6.07) is 0. The second-order valence-corrected chi connectivity index (χ2v) is 8.61. The molecular formula is C24H50MgO9Zn. The van der Waals surface area contributed by atoms with Crippen LogP contribution < -0.4 is 0 Å². The van der Waals surface area contributed by atoms with Crippen molar-refractivity contribution in [2.24, 2.45) is 0 Å². The molecule has 0 radical (unpaired) electrons. The largest absolute Gasteiger partial charge is 2.00 e. The molecule has 9 nitrogen and oxygen atoms in total. The molecule has 0 bridgehead atoms. The molecule has 0 saturated heterocycles. The molecule has 0 aliphatic carbocycles. The van der Waals surface area contributed by atoms with E-state index in [0.29, 0.717) is 6.42 Å². The van der Waals surface area contributed by atoms with Crippen molar-refractivity contribution in [2.75, 3.05) is 6.61 Å². The summed E-state index contributed by atoms with van der Waals surface area (Å²) in [5.74, 6) is -2.38. The van der Waals surface area contributed by atoms with E-state index >= 15 is 0 Å². The quantitative estimate of drug-likeness (QED) is 0.0806. The third-order valence-corrected chi connectivity index (χ3v) is 5.50. The summed E-state index contributed by atoms with van der Waals surface area (Å²) < 4.78 is 0. The van der Waals surface area contributed by atoms with Gasteiger partial charge in [0.1, 0.15) is 18.3 Å². The van der Waals surface area contributed by atoms with Crippen molar-refractivity contribution < 1.29 is 67.7 Å². The number of rotatable bonds is 21. The molecule has 4 atom stereocenters. The summed E-state index contributed by atoms with van der Waals surface area (Å²) in [4.78, 5) is 20.4. The van der Waals surface area contributed by atoms with Gasteiger partial charge >= 0.3 is 35.0 Å². The molecule has 0 aliphatic rings. The van der Waals surface area contributed by atoms with Gasteiger partial charge in [0, 0.05) is 25.9 Å². The van der Waals surface area contributed by atoms with Gasteiger partial charge in [0.2, 0.25) is 0 Å². The summed E-state index contributed by atoms with van der Waals surface area (Å²) in [6.45, 7) is 1.43. The van der Waals surface area contributed by atoms with E-state index in [2.05, 4.69) is 6.92 Å². The number of aliphatic hydroxyl groups excluding tert-OH is 5. The normalized spacial score (nSPS) is 13.8. The van der Waals surface area contributed by atoms with E-state index in [-0.39, 0.29) is 45.4 Å². The minimum absolute atomic E-state index is 0. The number of hydrogen-bond acceptors (Lipinski definition) is 7. The zero-order valence-corrected chi connectivity index (χ0v) is 26.1. The van der Waals surface area contributed by atoms with Crippen LogP contribution in [0, 0.1) is 0 Å². The predicted octanol–water partition coefficient (Wildman–Crippen LogP) is 2.68. The van der Waals surface area contributed by atoms with Crippen molar-refractivity contribution in [1.29, 1.82) is 0 Å². The number of unbranched alkanes of at least 4 members (excludes halogenated alkanes) is 14. The van der Waals surface area contributed by atoms with Crippen LogP contribution in [0.25, 0.3) is 0 Å². The van der Waals surface area contributed by atoms with E-state index < -0.39 is 43.0 Å². The third kappa shape index (κ3) is 28.5. The van der Waals surface area contributed by atoms with Gasteiger partial charge in [-0.2, -0.15) is 0 Å². The zero-order chi connectivity index (χ0) is 25.5. The Labute approximate surface area is 242 Å². The van der Waals surface area contributed by atoms with Crippen molar-refractivity contribution in [3.8, 4) is 0 Å². The van der Waals surface area contributed by atoms with E-state index in [1.54, 1.807) is 0 Å². The van der Waals surface area contributed by atoms with Gasteiger partial charge in [-0.25, -0.2) is 4.79 Å². The van der Waals surface area contributed by atoms with Gasteiger partial charge in [-0.3, -0.25) is 4.79 Å². The molecular weight excluding hydrogens is 522 g/mol. The van der Waals surface area contributed by atoms with E-state index in [4.69, 9.17) is 35.7 Å². The minimum atomic E-state index is -2.20. The molecule has 0 rings (SSSR count). The second-order valence-electron chi connectivity index (χ2n) is 8.61. The van der Waals surface area contributed by atoms with E-state index in [1.807, 2.05) is 0 Å². The zero-order valence-electron chi connectivity index (χ0n) is 23.7. The fraction of sp³-hybridized carbons (Fsp3) is 0.917. The van der Waals surface area contributed by atoms with E-state index in [0.717, 1.165) is 12.8 Å². The maximum Gasteiger partial charge on any atom is 2.00 e. The van der Waals surface area contributed by atoms with Gasteiger partial charge < -0.3 is 38.6 Å². The van der Waals surface area contributed by atoms with Crippen LogP contribution in [-0.4, -0.2) is 102 Å². The Morgan fingerprint density at radius 2 is 1.00 bits per heavy atom. The van der Waals surface area contributed by atoms with Crippen LogP contribution in [0.5, 0.6) is 0 Å². The first kappa shape index (κ1) is 42.2. The van der Waals surface area contributed by atoms with Gasteiger partial charge in [-0.05, 0) is 6.42 Å². The van der Waals surface area contributed by atoms with Gasteiger partial charge in [-0.1, -0.05) is 96.8 Å². The summed E-state index contributed by atoms with van der Waals surface area (Å²) >= 11 is 0. The SMILES string of the molecule is CCCCCCCCCCCCCCCCCC(=O)O.O=C(O)C(O)C(O)C(O)C(O)CO.[H-].[H-].[Mg+2].[Zn]. The number of hydrogen-bond donors (Lipinski definition) is 7. The molecule has 204 valence electrons. The molecule has 7 N–H and O–H groups in total. The van der Waals surface area contributed by atoms with Crippen molar-refractivity contribution >= 4 is 35.0 Å². The molecule has 0 fully saturated rings. The number of aliphatic carboxylic acids is 2. The molecule has 0 aromatic carbocycles. The number of carboxylic acid groups (broad SMARTS) is 2. The molecule has 0 spiro atoms. The summed E-state index contributed by atoms with van der Waals surface area (Å²) in [5.41, 5.74) is 0. The molecule has 0 aromatic rings. The van der Waals surface area contributed by atoms with Gasteiger partial charge in [0.25, 0.3) is 0 Å². The Morgan fingerprint density at radius 1 is 0.657 bits per heavy atom. The summed E-state index contributed by atoms with van der Waals surface area (Å²) in [6.07, 6.45) is 12.4. The van der Waals surface area contributed by atoms with Gasteiger partial charge in [-0.15, -0.1) is 0 Å². The average Bonchev–Trinajstić information content (AvgIpc) is 2.79. The monoisotopic (exact) mass is 570 g/mol. The smallest absolute Gasteiger partial charge is 1.00 e. The van der Waals surface area contributed by atoms with Crippen molar-refractivity contribution in [3.05, 3.63) is 0 Å². The Bertz CT molecular complexity index is 484. The first-order valence-electron chi connectivity index (χ1n) is 12.5. The fourth-order valence-electron chi connectivity index (χ4n) is 3.32. The maximum absolute atomic E-state index is 10.3. The molecule has 0 saturated carbocycles. The molecule has 35 heavy (non-hydrogen) atoms. The molecule has 0 aromatic heterocycles. The Balaban J connectivity index is -0.000000125. The van der Waals surface area contributed by atoms with Gasteiger partial charge in [0.15, 0.2) is 6.10 Å². The van der Waals surface area contributed by atoms with Crippen LogP contribution in [0.4, 0.5) is 0 Å². The van der Waals surface area contributed by atoms with Gasteiger partial charge in [0.05, 0.1) is 6.61 Å². The van der Waals surface area contributed by atoms with Crippen molar-refractivity contribution in [2.45, 2.75) is 134 Å². The summed E-state index contributed by atoms with van der Waals surface area (Å²) in [7, 11) is 0. The van der Waals surface area contributed by atoms with Crippen LogP contribution in [0.1, 0.15) is 113 Å². The number of carbonyl (C=O) groups is 2. The Kier molecular flexibility index (Phi) is 36.6. The predicted molar refractivity (Wildman–Crippen MR) is 134 cm³/mol. The van der Waals surface area contributed by atoms with Crippen molar-refractivity contribution in [1.82, 2.24) is 0 Å². The molecule has 0 amide bonds. The number of aliphatic hydroxyl groups is 5. The molecule has 0 heterocycles. The van der Waals surface area contributed by atoms with Crippen LogP contribution in [0.3, 0.4) is 0 Å². The average molecular weight is 572 g/mol. The fourth-order valence-corrected chi connectivity index (χ4v) is 3.32. The van der Waals surface area contributed by atoms with Crippen molar-refractivity contribution in [3.63, 3.8) is 0 Å². The molecule has 11 heteroatoms.